The topological polar surface area (TPSA) is 62.3 Å². The van der Waals surface area contributed by atoms with E-state index >= 15 is 0 Å². The second-order valence-corrected chi connectivity index (χ2v) is 7.81. The van der Waals surface area contributed by atoms with Gasteiger partial charge in [0.15, 0.2) is 0 Å². The standard InChI is InChI=1S/C13H16F3N3O2S/c1-2-9-3-11(13(14,15)16)18-4-10(9)22(20,21)19-7-12(8-19)5-17-6-12/h3-4,17H,2,5-8H2,1H3. The molecule has 1 spiro atoms. The van der Waals surface area contributed by atoms with Crippen molar-refractivity contribution in [1.82, 2.24) is 14.6 Å². The zero-order valence-corrected chi connectivity index (χ0v) is 12.8. The highest BCUT2D eigenvalue weighted by Crippen LogP contribution is 2.38. The normalized spacial score (nSPS) is 21.5. The van der Waals surface area contributed by atoms with E-state index in [1.807, 2.05) is 0 Å². The van der Waals surface area contributed by atoms with E-state index in [9.17, 15) is 21.6 Å². The van der Waals surface area contributed by atoms with Gasteiger partial charge in [-0.25, -0.2) is 8.42 Å². The molecule has 3 heterocycles. The van der Waals surface area contributed by atoms with E-state index in [4.69, 9.17) is 0 Å². The summed E-state index contributed by atoms with van der Waals surface area (Å²) in [6, 6.07) is 0.827. The molecule has 2 fully saturated rings. The Hall–Kier alpha value is -1.19. The van der Waals surface area contributed by atoms with E-state index in [0.29, 0.717) is 13.1 Å². The Balaban J connectivity index is 1.90. The Bertz CT molecular complexity index is 691. The number of halogens is 3. The van der Waals surface area contributed by atoms with Crippen molar-refractivity contribution in [2.45, 2.75) is 24.4 Å². The SMILES string of the molecule is CCc1cc(C(F)(F)F)ncc1S(=O)(=O)N1CC2(CNC2)C1. The van der Waals surface area contributed by atoms with Crippen molar-refractivity contribution in [1.29, 1.82) is 0 Å². The molecule has 0 aliphatic carbocycles. The van der Waals surface area contributed by atoms with Crippen LogP contribution < -0.4 is 5.32 Å². The van der Waals surface area contributed by atoms with E-state index in [2.05, 4.69) is 10.3 Å². The molecule has 9 heteroatoms. The first-order valence-electron chi connectivity index (χ1n) is 6.95. The van der Waals surface area contributed by atoms with E-state index in [0.717, 1.165) is 25.4 Å². The summed E-state index contributed by atoms with van der Waals surface area (Å²) in [4.78, 5) is 3.17. The van der Waals surface area contributed by atoms with Crippen LogP contribution in [0.25, 0.3) is 0 Å². The molecule has 0 saturated carbocycles. The number of hydrogen-bond donors (Lipinski definition) is 1. The van der Waals surface area contributed by atoms with Gasteiger partial charge in [-0.15, -0.1) is 0 Å². The van der Waals surface area contributed by atoms with Gasteiger partial charge in [-0.1, -0.05) is 6.92 Å². The number of pyridine rings is 1. The molecule has 1 aromatic rings. The molecule has 0 bridgehead atoms. The van der Waals surface area contributed by atoms with Crippen molar-refractivity contribution in [3.63, 3.8) is 0 Å². The fraction of sp³-hybridized carbons (Fsp3) is 0.615. The smallest absolute Gasteiger partial charge is 0.315 e. The van der Waals surface area contributed by atoms with Crippen LogP contribution in [0.3, 0.4) is 0 Å². The molecule has 3 rings (SSSR count). The largest absolute Gasteiger partial charge is 0.433 e. The van der Waals surface area contributed by atoms with Gasteiger partial charge in [0.2, 0.25) is 10.0 Å². The maximum Gasteiger partial charge on any atom is 0.433 e. The minimum atomic E-state index is -4.58. The van der Waals surface area contributed by atoms with Crippen LogP contribution in [0.1, 0.15) is 18.2 Å². The first-order valence-corrected chi connectivity index (χ1v) is 8.39. The third-order valence-corrected chi connectivity index (χ3v) is 6.12. The zero-order chi connectivity index (χ0) is 16.2. The highest BCUT2D eigenvalue weighted by Gasteiger charge is 2.52. The monoisotopic (exact) mass is 335 g/mol. The molecule has 122 valence electrons. The predicted molar refractivity (Wildman–Crippen MR) is 72.7 cm³/mol. The number of aryl methyl sites for hydroxylation is 1. The van der Waals surface area contributed by atoms with Crippen molar-refractivity contribution >= 4 is 10.0 Å². The fourth-order valence-corrected chi connectivity index (χ4v) is 4.75. The number of alkyl halides is 3. The number of nitrogens with zero attached hydrogens (tertiary/aromatic N) is 2. The van der Waals surface area contributed by atoms with Crippen molar-refractivity contribution in [2.24, 2.45) is 5.41 Å². The van der Waals surface area contributed by atoms with Crippen LogP contribution in [-0.2, 0) is 22.6 Å². The summed E-state index contributed by atoms with van der Waals surface area (Å²) in [5, 5.41) is 3.10. The van der Waals surface area contributed by atoms with Gasteiger partial charge in [-0.2, -0.15) is 17.5 Å². The van der Waals surface area contributed by atoms with Gasteiger partial charge in [0.1, 0.15) is 10.6 Å². The quantitative estimate of drug-likeness (QED) is 0.903. The van der Waals surface area contributed by atoms with E-state index in [-0.39, 0.29) is 22.3 Å². The molecule has 0 unspecified atom stereocenters. The second kappa shape index (κ2) is 4.90. The molecular weight excluding hydrogens is 319 g/mol. The van der Waals surface area contributed by atoms with Gasteiger partial charge in [0.25, 0.3) is 0 Å². The predicted octanol–water partition coefficient (Wildman–Crippen LogP) is 1.26. The maximum absolute atomic E-state index is 12.7. The molecule has 1 aromatic heterocycles. The van der Waals surface area contributed by atoms with Crippen LogP contribution in [0.2, 0.25) is 0 Å². The van der Waals surface area contributed by atoms with Crippen molar-refractivity contribution in [2.75, 3.05) is 26.2 Å². The van der Waals surface area contributed by atoms with Crippen LogP contribution in [0.4, 0.5) is 13.2 Å². The highest BCUT2D eigenvalue weighted by molar-refractivity contribution is 7.89. The number of nitrogens with one attached hydrogen (secondary N) is 1. The van der Waals surface area contributed by atoms with Crippen molar-refractivity contribution < 1.29 is 21.6 Å². The van der Waals surface area contributed by atoms with Crippen LogP contribution in [-0.4, -0.2) is 43.9 Å². The molecule has 2 aliphatic heterocycles. The van der Waals surface area contributed by atoms with E-state index < -0.39 is 21.9 Å². The average Bonchev–Trinajstić information content (AvgIpc) is 2.33. The Kier molecular flexibility index (Phi) is 3.50. The van der Waals surface area contributed by atoms with E-state index in [1.165, 1.54) is 4.31 Å². The third kappa shape index (κ3) is 2.40. The first-order chi connectivity index (χ1) is 10.2. The van der Waals surface area contributed by atoms with Crippen molar-refractivity contribution in [3.05, 3.63) is 23.5 Å². The number of rotatable bonds is 3. The molecule has 0 radical (unpaired) electrons. The lowest BCUT2D eigenvalue weighted by atomic mass is 9.76. The van der Waals surface area contributed by atoms with Gasteiger partial charge >= 0.3 is 6.18 Å². The Labute approximate surface area is 126 Å². The van der Waals surface area contributed by atoms with Crippen LogP contribution in [0.5, 0.6) is 0 Å². The summed E-state index contributed by atoms with van der Waals surface area (Å²) < 4.78 is 64.5. The lowest BCUT2D eigenvalue weighted by Crippen LogP contribution is -2.71. The molecule has 0 aromatic carbocycles. The zero-order valence-electron chi connectivity index (χ0n) is 11.9. The lowest BCUT2D eigenvalue weighted by molar-refractivity contribution is -0.141. The average molecular weight is 335 g/mol. The Morgan fingerprint density at radius 3 is 2.45 bits per heavy atom. The summed E-state index contributed by atoms with van der Waals surface area (Å²) >= 11 is 0. The molecule has 0 amide bonds. The van der Waals surface area contributed by atoms with Crippen LogP contribution in [0, 0.1) is 5.41 Å². The summed E-state index contributed by atoms with van der Waals surface area (Å²) in [5.41, 5.74) is -0.903. The van der Waals surface area contributed by atoms with Gasteiger partial charge in [-0.3, -0.25) is 4.98 Å². The second-order valence-electron chi connectivity index (χ2n) is 5.91. The summed E-state index contributed by atoms with van der Waals surface area (Å²) in [5.74, 6) is 0. The molecule has 0 atom stereocenters. The highest BCUT2D eigenvalue weighted by atomic mass is 32.2. The lowest BCUT2D eigenvalue weighted by Gasteiger charge is -2.55. The molecule has 1 N–H and O–H groups in total. The van der Waals surface area contributed by atoms with Gasteiger partial charge in [0.05, 0.1) is 0 Å². The summed E-state index contributed by atoms with van der Waals surface area (Å²) in [7, 11) is -3.78. The first kappa shape index (κ1) is 15.7. The van der Waals surface area contributed by atoms with Gasteiger partial charge < -0.3 is 5.32 Å². The minimum absolute atomic E-state index is 0.0127. The Morgan fingerprint density at radius 1 is 1.36 bits per heavy atom. The number of aromatic nitrogens is 1. The third-order valence-electron chi connectivity index (χ3n) is 4.26. The van der Waals surface area contributed by atoms with Crippen LogP contribution in [0.15, 0.2) is 17.2 Å². The summed E-state index contributed by atoms with van der Waals surface area (Å²) in [6.07, 6.45) is -3.55. The Morgan fingerprint density at radius 2 is 2.00 bits per heavy atom. The fourth-order valence-electron chi connectivity index (χ4n) is 2.86. The molecule has 2 aliphatic rings. The minimum Gasteiger partial charge on any atom is -0.315 e. The molecular formula is C13H16F3N3O2S. The molecule has 22 heavy (non-hydrogen) atoms. The van der Waals surface area contributed by atoms with E-state index in [1.54, 1.807) is 6.92 Å². The molecule has 5 nitrogen and oxygen atoms in total. The van der Waals surface area contributed by atoms with Gasteiger partial charge in [-0.05, 0) is 18.1 Å². The number of hydrogen-bond acceptors (Lipinski definition) is 4. The molecule has 2 saturated heterocycles. The van der Waals surface area contributed by atoms with Gasteiger partial charge in [0, 0.05) is 37.8 Å². The summed E-state index contributed by atoms with van der Waals surface area (Å²) in [6.45, 7) is 4.01. The van der Waals surface area contributed by atoms with Crippen molar-refractivity contribution in [3.8, 4) is 0 Å². The number of sulfonamides is 1. The maximum atomic E-state index is 12.7. The van der Waals surface area contributed by atoms with Crippen LogP contribution >= 0.6 is 0 Å².